The Kier molecular flexibility index (Phi) is 14.2. The van der Waals surface area contributed by atoms with Crippen LogP contribution in [0.4, 0.5) is 0 Å². The smallest absolute Gasteiger partial charge is 0.256 e. The molecule has 418 valence electrons. The van der Waals surface area contributed by atoms with Crippen molar-refractivity contribution in [3.63, 3.8) is 0 Å². The van der Waals surface area contributed by atoms with Gasteiger partial charge in [-0.05, 0) is 81.9 Å². The maximum Gasteiger partial charge on any atom is 0.256 e. The Morgan fingerprint density at radius 2 is 1.01 bits per heavy atom. The van der Waals surface area contributed by atoms with Crippen molar-refractivity contribution >= 4 is 43.3 Å². The van der Waals surface area contributed by atoms with E-state index in [0.717, 1.165) is 44.5 Å². The Hall–Kier alpha value is -7.80. The fourth-order valence-corrected chi connectivity index (χ4v) is 14.8. The van der Waals surface area contributed by atoms with Gasteiger partial charge in [0.15, 0.2) is 43.0 Å². The summed E-state index contributed by atoms with van der Waals surface area (Å²) in [5, 5.41) is 0. The predicted molar refractivity (Wildman–Crippen MR) is 310 cm³/mol. The van der Waals surface area contributed by atoms with Crippen molar-refractivity contribution in [3.05, 3.63) is 226 Å². The lowest BCUT2D eigenvalue weighted by Crippen LogP contribution is -2.56. The summed E-state index contributed by atoms with van der Waals surface area (Å²) in [6, 6.07) is 55.9. The van der Waals surface area contributed by atoms with Crippen LogP contribution >= 0.6 is 0 Å². The number of sulfone groups is 2. The molecule has 2 fully saturated rings. The van der Waals surface area contributed by atoms with Gasteiger partial charge >= 0.3 is 0 Å². The predicted octanol–water partition coefficient (Wildman–Crippen LogP) is 8.19. The van der Waals surface area contributed by atoms with Gasteiger partial charge in [0.2, 0.25) is 11.8 Å². The number of ether oxygens (including phenoxy) is 4. The number of morpholine rings is 1. The van der Waals surface area contributed by atoms with Crippen molar-refractivity contribution in [2.24, 2.45) is 9.98 Å². The van der Waals surface area contributed by atoms with Crippen LogP contribution in [-0.2, 0) is 67.7 Å². The zero-order valence-electron chi connectivity index (χ0n) is 45.1. The monoisotopic (exact) mass is 1140 g/mol. The first-order valence-corrected chi connectivity index (χ1v) is 31.2. The fourth-order valence-electron chi connectivity index (χ4n) is 12.2. The Bertz CT molecular complexity index is 3850. The molecule has 0 unspecified atom stereocenters. The van der Waals surface area contributed by atoms with Gasteiger partial charge in [-0.25, -0.2) is 26.8 Å². The molecule has 13 rings (SSSR count). The Labute approximate surface area is 477 Å². The highest BCUT2D eigenvalue weighted by Gasteiger charge is 2.59. The van der Waals surface area contributed by atoms with E-state index in [1.165, 1.54) is 5.56 Å². The van der Waals surface area contributed by atoms with E-state index < -0.39 is 43.0 Å². The number of hydrogen-bond donors (Lipinski definition) is 0. The summed E-state index contributed by atoms with van der Waals surface area (Å²) in [6.07, 6.45) is -1.34. The molecule has 0 aliphatic carbocycles. The highest BCUT2D eigenvalue weighted by atomic mass is 32.2. The molecule has 2 amide bonds. The van der Waals surface area contributed by atoms with Crippen molar-refractivity contribution in [2.75, 3.05) is 70.7 Å². The van der Waals surface area contributed by atoms with Crippen LogP contribution in [0.2, 0.25) is 0 Å². The average Bonchev–Trinajstić information content (AvgIpc) is 3.05. The summed E-state index contributed by atoms with van der Waals surface area (Å²) in [6.45, 7) is 3.96. The summed E-state index contributed by atoms with van der Waals surface area (Å²) >= 11 is 0. The van der Waals surface area contributed by atoms with Crippen molar-refractivity contribution in [3.8, 4) is 11.1 Å². The SMILES string of the molecule is O=C1N(CCS(=O)(=O)c2ccc(-c3cccc(C4=N[C@]5(CN6CCOCC6)C(=O)N(CCS(=O)(=O)c6ccccc6)Cc6ccccc6[C@@H]5O4)c3)cc2)Cc2ccccc2[C@@H]2OC(c3ccccc3)=N[C@]12Cc1ccc(C2COC2)cc1. The molecule has 0 aromatic heterocycles. The summed E-state index contributed by atoms with van der Waals surface area (Å²) in [5.41, 5.74) is 5.38. The molecule has 6 aliphatic rings. The number of rotatable bonds is 16. The molecule has 2 saturated heterocycles. The number of carbonyl (C=O) groups excluding carboxylic acids is 2. The van der Waals surface area contributed by atoms with Gasteiger partial charge in [-0.15, -0.1) is 0 Å². The van der Waals surface area contributed by atoms with E-state index in [0.29, 0.717) is 56.9 Å². The van der Waals surface area contributed by atoms with Crippen LogP contribution in [0.3, 0.4) is 0 Å². The van der Waals surface area contributed by atoms with Crippen LogP contribution < -0.4 is 0 Å². The largest absolute Gasteiger partial charge is 0.466 e. The molecule has 7 aromatic carbocycles. The number of benzene rings is 7. The summed E-state index contributed by atoms with van der Waals surface area (Å²) in [4.78, 5) is 47.0. The van der Waals surface area contributed by atoms with Crippen molar-refractivity contribution in [1.82, 2.24) is 14.7 Å². The van der Waals surface area contributed by atoms with Gasteiger partial charge in [-0.1, -0.05) is 133 Å². The van der Waals surface area contributed by atoms with Crippen LogP contribution in [0.1, 0.15) is 62.6 Å². The lowest BCUT2D eigenvalue weighted by molar-refractivity contribution is -0.141. The molecular formula is C65H61N5O10S2. The highest BCUT2D eigenvalue weighted by Crippen LogP contribution is 2.48. The van der Waals surface area contributed by atoms with Gasteiger partial charge in [-0.2, -0.15) is 0 Å². The second-order valence-electron chi connectivity index (χ2n) is 22.0. The van der Waals surface area contributed by atoms with Gasteiger partial charge < -0.3 is 28.7 Å². The van der Waals surface area contributed by atoms with Crippen LogP contribution in [0.5, 0.6) is 0 Å². The van der Waals surface area contributed by atoms with Crippen LogP contribution in [-0.4, -0.2) is 137 Å². The third-order valence-corrected chi connectivity index (χ3v) is 20.2. The van der Waals surface area contributed by atoms with Gasteiger partial charge in [0, 0.05) is 80.4 Å². The molecule has 6 heterocycles. The number of fused-ring (bicyclic) bond motifs is 6. The maximum absolute atomic E-state index is 15.5. The van der Waals surface area contributed by atoms with Gasteiger partial charge in [-0.3, -0.25) is 14.5 Å². The van der Waals surface area contributed by atoms with E-state index in [9.17, 15) is 16.8 Å². The molecule has 0 saturated carbocycles. The van der Waals surface area contributed by atoms with E-state index in [4.69, 9.17) is 28.9 Å². The lowest BCUT2D eigenvalue weighted by Gasteiger charge is -2.37. The zero-order valence-corrected chi connectivity index (χ0v) is 46.7. The number of amides is 2. The number of aliphatic imine (C=N–C) groups is 2. The first kappa shape index (κ1) is 53.5. The topological polar surface area (TPSA) is 174 Å². The fraction of sp³-hybridized carbons (Fsp3) is 0.292. The molecule has 6 aliphatic heterocycles. The van der Waals surface area contributed by atoms with Gasteiger partial charge in [0.25, 0.3) is 11.8 Å². The average molecular weight is 1140 g/mol. The molecule has 82 heavy (non-hydrogen) atoms. The van der Waals surface area contributed by atoms with Crippen LogP contribution in [0.25, 0.3) is 11.1 Å². The Morgan fingerprint density at radius 3 is 1.62 bits per heavy atom. The number of carbonyl (C=O) groups is 2. The molecule has 4 atom stereocenters. The molecule has 17 heteroatoms. The third kappa shape index (κ3) is 10.1. The van der Waals surface area contributed by atoms with Gasteiger partial charge in [0.1, 0.15) is 0 Å². The summed E-state index contributed by atoms with van der Waals surface area (Å²) < 4.78 is 81.0. The van der Waals surface area contributed by atoms with E-state index >= 15 is 9.59 Å². The number of hydrogen-bond acceptors (Lipinski definition) is 13. The molecule has 0 spiro atoms. The van der Waals surface area contributed by atoms with Crippen molar-refractivity contribution in [1.29, 1.82) is 0 Å². The number of nitrogens with zero attached hydrogens (tertiary/aromatic N) is 5. The first-order valence-electron chi connectivity index (χ1n) is 27.9. The standard InChI is InChI=1S/C65H61N5O10S2/c71-62-64(39-45-22-24-47(25-23-45)53-42-78-43-53)58(79-60(66-64)48-12-3-1-4-13-48)56-20-9-7-14-51(56)40-69(62)32-37-82(75,76)55-28-26-46(27-29-55)49-16-11-17-50(38-49)61-67-65(44-68-30-34-77-35-31-68)59(80-61)57-21-10-8-15-52(57)41-70(63(65)72)33-36-81(73,74)54-18-5-2-6-19-54/h1-29,38,53,58-59H,30-37,39-44H2/t58-,59-,64-,65-/m0/s1. The lowest BCUT2D eigenvalue weighted by atomic mass is 9.81. The van der Waals surface area contributed by atoms with Crippen LogP contribution in [0.15, 0.2) is 202 Å². The first-order chi connectivity index (χ1) is 39.9. The van der Waals surface area contributed by atoms with E-state index in [2.05, 4.69) is 17.0 Å². The summed E-state index contributed by atoms with van der Waals surface area (Å²) in [7, 11) is -7.67. The minimum atomic E-state index is -3.94. The molecule has 0 radical (unpaired) electrons. The summed E-state index contributed by atoms with van der Waals surface area (Å²) in [5.74, 6) is -0.269. The minimum absolute atomic E-state index is 0.0483. The van der Waals surface area contributed by atoms with Gasteiger partial charge in [0.05, 0.1) is 47.7 Å². The molecule has 15 nitrogen and oxygen atoms in total. The van der Waals surface area contributed by atoms with E-state index in [1.807, 2.05) is 115 Å². The van der Waals surface area contributed by atoms with Crippen molar-refractivity contribution in [2.45, 2.75) is 58.5 Å². The molecule has 7 aromatic rings. The van der Waals surface area contributed by atoms with Crippen LogP contribution in [0, 0.1) is 0 Å². The maximum atomic E-state index is 15.5. The Morgan fingerprint density at radius 1 is 0.500 bits per heavy atom. The molecule has 0 bridgehead atoms. The van der Waals surface area contributed by atoms with E-state index in [-0.39, 0.29) is 78.2 Å². The highest BCUT2D eigenvalue weighted by molar-refractivity contribution is 7.91. The second-order valence-corrected chi connectivity index (χ2v) is 26.2. The second kappa shape index (κ2) is 21.8. The minimum Gasteiger partial charge on any atom is -0.466 e. The van der Waals surface area contributed by atoms with E-state index in [1.54, 1.807) is 64.4 Å². The van der Waals surface area contributed by atoms with Crippen molar-refractivity contribution < 1.29 is 45.4 Å². The normalized spacial score (nSPS) is 22.7. The molecule has 0 N–H and O–H groups in total. The molecular weight excluding hydrogens is 1070 g/mol. The zero-order chi connectivity index (χ0) is 56.1. The Balaban J connectivity index is 0.772. The third-order valence-electron chi connectivity index (χ3n) is 16.8. The quantitative estimate of drug-likeness (QED) is 0.0913.